The van der Waals surface area contributed by atoms with E-state index >= 15 is 0 Å². The Balaban J connectivity index is 2.47. The number of benzene rings is 1. The maximum absolute atomic E-state index is 5.35. The molecule has 19 heavy (non-hydrogen) atoms. The van der Waals surface area contributed by atoms with Gasteiger partial charge in [0.05, 0.1) is 25.0 Å². The number of rotatable bonds is 4. The monoisotopic (exact) mass is 257 g/mol. The molecule has 100 valence electrons. The maximum Gasteiger partial charge on any atom is 0.122 e. The minimum Gasteiger partial charge on any atom is -0.496 e. The molecule has 1 atom stereocenters. The van der Waals surface area contributed by atoms with Crippen LogP contribution in [0.15, 0.2) is 30.7 Å². The topological polar surface area (TPSA) is 47.0 Å². The number of aromatic nitrogens is 2. The van der Waals surface area contributed by atoms with Gasteiger partial charge in [-0.1, -0.05) is 6.07 Å². The largest absolute Gasteiger partial charge is 0.496 e. The van der Waals surface area contributed by atoms with Gasteiger partial charge in [-0.05, 0) is 43.7 Å². The van der Waals surface area contributed by atoms with Crippen molar-refractivity contribution in [2.75, 3.05) is 14.2 Å². The highest BCUT2D eigenvalue weighted by molar-refractivity contribution is 5.44. The van der Waals surface area contributed by atoms with E-state index in [2.05, 4.69) is 34.3 Å². The van der Waals surface area contributed by atoms with Crippen LogP contribution in [-0.4, -0.2) is 24.1 Å². The van der Waals surface area contributed by atoms with Gasteiger partial charge in [0.1, 0.15) is 5.75 Å². The van der Waals surface area contributed by atoms with Crippen molar-refractivity contribution < 1.29 is 4.74 Å². The Morgan fingerprint density at radius 2 is 1.95 bits per heavy atom. The van der Waals surface area contributed by atoms with E-state index in [0.29, 0.717) is 0 Å². The van der Waals surface area contributed by atoms with Gasteiger partial charge in [0.25, 0.3) is 0 Å². The van der Waals surface area contributed by atoms with Crippen LogP contribution in [-0.2, 0) is 0 Å². The van der Waals surface area contributed by atoms with E-state index in [1.807, 2.05) is 14.0 Å². The molecule has 0 fully saturated rings. The van der Waals surface area contributed by atoms with E-state index in [-0.39, 0.29) is 6.04 Å². The first-order valence-corrected chi connectivity index (χ1v) is 6.25. The lowest BCUT2D eigenvalue weighted by molar-refractivity contribution is 0.411. The summed E-state index contributed by atoms with van der Waals surface area (Å²) in [5, 5.41) is 3.30. The average molecular weight is 257 g/mol. The van der Waals surface area contributed by atoms with Crippen molar-refractivity contribution >= 4 is 0 Å². The van der Waals surface area contributed by atoms with Crippen LogP contribution in [0.5, 0.6) is 5.75 Å². The molecule has 1 aromatic heterocycles. The Kier molecular flexibility index (Phi) is 4.12. The molecule has 1 N–H and O–H groups in total. The van der Waals surface area contributed by atoms with Gasteiger partial charge in [-0.2, -0.15) is 0 Å². The third-order valence-corrected chi connectivity index (χ3v) is 3.26. The van der Waals surface area contributed by atoms with Crippen molar-refractivity contribution in [3.05, 3.63) is 53.1 Å². The van der Waals surface area contributed by atoms with Crippen LogP contribution in [0, 0.1) is 13.8 Å². The van der Waals surface area contributed by atoms with Crippen molar-refractivity contribution in [3.8, 4) is 5.75 Å². The van der Waals surface area contributed by atoms with Crippen LogP contribution in [0.3, 0.4) is 0 Å². The third-order valence-electron chi connectivity index (χ3n) is 3.26. The fourth-order valence-corrected chi connectivity index (χ4v) is 2.27. The van der Waals surface area contributed by atoms with Gasteiger partial charge in [-0.25, -0.2) is 0 Å². The lowest BCUT2D eigenvalue weighted by Crippen LogP contribution is -2.20. The number of hydrogen-bond donors (Lipinski definition) is 1. The molecule has 0 aliphatic rings. The Morgan fingerprint density at radius 1 is 1.16 bits per heavy atom. The van der Waals surface area contributed by atoms with Crippen molar-refractivity contribution in [1.29, 1.82) is 0 Å². The average Bonchev–Trinajstić information content (AvgIpc) is 2.44. The fourth-order valence-electron chi connectivity index (χ4n) is 2.27. The Bertz CT molecular complexity index is 555. The van der Waals surface area contributed by atoms with Gasteiger partial charge in [0, 0.05) is 12.4 Å². The van der Waals surface area contributed by atoms with E-state index in [0.717, 1.165) is 17.0 Å². The lowest BCUT2D eigenvalue weighted by Gasteiger charge is -2.20. The number of nitrogens with one attached hydrogen (secondary N) is 1. The second-order valence-corrected chi connectivity index (χ2v) is 4.53. The van der Waals surface area contributed by atoms with Crippen LogP contribution in [0.2, 0.25) is 0 Å². The summed E-state index contributed by atoms with van der Waals surface area (Å²) in [4.78, 5) is 8.52. The normalized spacial score (nSPS) is 12.2. The quantitative estimate of drug-likeness (QED) is 0.913. The summed E-state index contributed by atoms with van der Waals surface area (Å²) >= 11 is 0. The van der Waals surface area contributed by atoms with Crippen molar-refractivity contribution in [3.63, 3.8) is 0 Å². The molecule has 0 spiro atoms. The molecule has 0 saturated heterocycles. The zero-order chi connectivity index (χ0) is 13.8. The summed E-state index contributed by atoms with van der Waals surface area (Å²) in [6, 6.07) is 4.24. The van der Waals surface area contributed by atoms with E-state index in [1.165, 1.54) is 11.1 Å². The molecule has 0 aliphatic heterocycles. The summed E-state index contributed by atoms with van der Waals surface area (Å²) in [6.45, 7) is 4.13. The van der Waals surface area contributed by atoms with Crippen molar-refractivity contribution in [2.45, 2.75) is 19.9 Å². The molecule has 0 radical (unpaired) electrons. The Labute approximate surface area is 113 Å². The van der Waals surface area contributed by atoms with E-state index < -0.39 is 0 Å². The molecule has 1 unspecified atom stereocenters. The molecule has 4 nitrogen and oxygen atoms in total. The molecule has 0 amide bonds. The zero-order valence-electron chi connectivity index (χ0n) is 11.8. The highest BCUT2D eigenvalue weighted by Gasteiger charge is 2.17. The number of hydrogen-bond acceptors (Lipinski definition) is 4. The second kappa shape index (κ2) is 5.80. The maximum atomic E-state index is 5.35. The standard InChI is InChI=1S/C15H19N3O/c1-10-8-14(19-4)11(2)7-12(10)15(16-3)13-9-17-5-6-18-13/h5-9,15-16H,1-4H3. The van der Waals surface area contributed by atoms with Crippen molar-refractivity contribution in [2.24, 2.45) is 0 Å². The lowest BCUT2D eigenvalue weighted by atomic mass is 9.96. The Hall–Kier alpha value is -1.94. The molecule has 0 aliphatic carbocycles. The molecular weight excluding hydrogens is 238 g/mol. The minimum atomic E-state index is 0.0401. The third kappa shape index (κ3) is 2.74. The highest BCUT2D eigenvalue weighted by Crippen LogP contribution is 2.29. The van der Waals surface area contributed by atoms with Gasteiger partial charge in [0.2, 0.25) is 0 Å². The summed E-state index contributed by atoms with van der Waals surface area (Å²) in [7, 11) is 3.62. The molecule has 0 saturated carbocycles. The molecule has 2 aromatic rings. The van der Waals surface area contributed by atoms with Crippen LogP contribution in [0.4, 0.5) is 0 Å². The summed E-state index contributed by atoms with van der Waals surface area (Å²) in [5.41, 5.74) is 4.40. The fraction of sp³-hybridized carbons (Fsp3) is 0.333. The molecule has 4 heteroatoms. The Morgan fingerprint density at radius 3 is 2.53 bits per heavy atom. The first kappa shape index (κ1) is 13.5. The molecule has 2 rings (SSSR count). The smallest absolute Gasteiger partial charge is 0.122 e. The van der Waals surface area contributed by atoms with E-state index in [4.69, 9.17) is 4.74 Å². The number of nitrogens with zero attached hydrogens (tertiary/aromatic N) is 2. The minimum absolute atomic E-state index is 0.0401. The van der Waals surface area contributed by atoms with Crippen LogP contribution < -0.4 is 10.1 Å². The van der Waals surface area contributed by atoms with E-state index in [9.17, 15) is 0 Å². The molecule has 1 heterocycles. The van der Waals surface area contributed by atoms with Gasteiger partial charge >= 0.3 is 0 Å². The molecule has 0 bridgehead atoms. The first-order chi connectivity index (χ1) is 9.17. The summed E-state index contributed by atoms with van der Waals surface area (Å²) in [6.07, 6.45) is 5.19. The highest BCUT2D eigenvalue weighted by atomic mass is 16.5. The van der Waals surface area contributed by atoms with Gasteiger partial charge in [0.15, 0.2) is 0 Å². The van der Waals surface area contributed by atoms with Gasteiger partial charge in [-0.3, -0.25) is 9.97 Å². The van der Waals surface area contributed by atoms with Gasteiger partial charge in [-0.15, -0.1) is 0 Å². The zero-order valence-corrected chi connectivity index (χ0v) is 11.8. The summed E-state index contributed by atoms with van der Waals surface area (Å²) < 4.78 is 5.35. The predicted molar refractivity (Wildman–Crippen MR) is 75.4 cm³/mol. The van der Waals surface area contributed by atoms with E-state index in [1.54, 1.807) is 25.7 Å². The second-order valence-electron chi connectivity index (χ2n) is 4.53. The number of methoxy groups -OCH3 is 1. The number of aryl methyl sites for hydroxylation is 2. The first-order valence-electron chi connectivity index (χ1n) is 6.25. The van der Waals surface area contributed by atoms with Crippen molar-refractivity contribution in [1.82, 2.24) is 15.3 Å². The molecular formula is C15H19N3O. The SMILES string of the molecule is CNC(c1cnccn1)c1cc(C)c(OC)cc1C. The van der Waals surface area contributed by atoms with Crippen LogP contribution in [0.1, 0.15) is 28.4 Å². The van der Waals surface area contributed by atoms with Crippen LogP contribution in [0.25, 0.3) is 0 Å². The molecule has 1 aromatic carbocycles. The predicted octanol–water partition coefficient (Wildman–Crippen LogP) is 2.41. The summed E-state index contributed by atoms with van der Waals surface area (Å²) in [5.74, 6) is 0.912. The number of ether oxygens (including phenoxy) is 1. The van der Waals surface area contributed by atoms with Gasteiger partial charge < -0.3 is 10.1 Å². The van der Waals surface area contributed by atoms with Crippen LogP contribution >= 0.6 is 0 Å².